The Balaban J connectivity index is 1.74. The van der Waals surface area contributed by atoms with Gasteiger partial charge in [0.15, 0.2) is 0 Å². The number of nitrogens with zero attached hydrogens (tertiary/aromatic N) is 2. The largest absolute Gasteiger partial charge is 0.461 e. The first-order valence-electron chi connectivity index (χ1n) is 8.03. The number of nitrogens with one attached hydrogen (secondary N) is 1. The van der Waals surface area contributed by atoms with E-state index in [9.17, 15) is 4.79 Å². The highest BCUT2D eigenvalue weighted by atomic mass is 16.5. The van der Waals surface area contributed by atoms with Crippen molar-refractivity contribution in [2.45, 2.75) is 13.0 Å². The second-order valence-corrected chi connectivity index (χ2v) is 5.85. The summed E-state index contributed by atoms with van der Waals surface area (Å²) in [5.74, 6) is 1.48. The molecule has 25 heavy (non-hydrogen) atoms. The van der Waals surface area contributed by atoms with Gasteiger partial charge in [-0.05, 0) is 37.3 Å². The Morgan fingerprint density at radius 3 is 2.56 bits per heavy atom. The zero-order valence-electron chi connectivity index (χ0n) is 14.5. The Bertz CT molecular complexity index is 849. The number of rotatable bonds is 6. The van der Waals surface area contributed by atoms with Crippen LogP contribution in [0.25, 0.3) is 11.3 Å². The second kappa shape index (κ2) is 7.36. The summed E-state index contributed by atoms with van der Waals surface area (Å²) in [6.45, 7) is 2.27. The number of benzene rings is 1. The van der Waals surface area contributed by atoms with E-state index in [4.69, 9.17) is 9.15 Å². The summed E-state index contributed by atoms with van der Waals surface area (Å²) >= 11 is 0. The summed E-state index contributed by atoms with van der Waals surface area (Å²) in [6, 6.07) is 12.8. The van der Waals surface area contributed by atoms with Crippen molar-refractivity contribution in [3.63, 3.8) is 0 Å². The average Bonchev–Trinajstić information content (AvgIpc) is 3.23. The van der Waals surface area contributed by atoms with Crippen LogP contribution in [0.3, 0.4) is 0 Å². The molecule has 3 rings (SSSR count). The molecule has 6 heteroatoms. The van der Waals surface area contributed by atoms with Gasteiger partial charge in [0, 0.05) is 31.5 Å². The molecule has 130 valence electrons. The molecule has 3 aromatic rings. The van der Waals surface area contributed by atoms with Crippen LogP contribution in [0.5, 0.6) is 0 Å². The molecule has 0 fully saturated rings. The lowest BCUT2D eigenvalue weighted by atomic mass is 10.1. The van der Waals surface area contributed by atoms with Crippen LogP contribution < -0.4 is 5.32 Å². The molecule has 1 atom stereocenters. The van der Waals surface area contributed by atoms with E-state index >= 15 is 0 Å². The number of ether oxygens (including phenoxy) is 1. The summed E-state index contributed by atoms with van der Waals surface area (Å²) in [5.41, 5.74) is 2.40. The first kappa shape index (κ1) is 17.0. The van der Waals surface area contributed by atoms with Crippen LogP contribution in [-0.2, 0) is 11.8 Å². The third kappa shape index (κ3) is 3.80. The summed E-state index contributed by atoms with van der Waals surface area (Å²) in [5, 5.41) is 7.14. The number of hydrogen-bond donors (Lipinski definition) is 1. The van der Waals surface area contributed by atoms with Crippen molar-refractivity contribution >= 4 is 5.91 Å². The van der Waals surface area contributed by atoms with E-state index in [0.29, 0.717) is 12.2 Å². The van der Waals surface area contributed by atoms with Gasteiger partial charge in [0.25, 0.3) is 5.91 Å². The van der Waals surface area contributed by atoms with Gasteiger partial charge < -0.3 is 14.5 Å². The highest BCUT2D eigenvalue weighted by molar-refractivity contribution is 5.94. The molecular formula is C19H21N3O3. The predicted octanol–water partition coefficient (Wildman–Crippen LogP) is 3.11. The van der Waals surface area contributed by atoms with Gasteiger partial charge in [0.1, 0.15) is 11.5 Å². The lowest BCUT2D eigenvalue weighted by Gasteiger charge is -2.18. The number of amides is 1. The van der Waals surface area contributed by atoms with Gasteiger partial charge in [0.05, 0.1) is 18.3 Å². The number of hydrogen-bond acceptors (Lipinski definition) is 4. The summed E-state index contributed by atoms with van der Waals surface area (Å²) < 4.78 is 12.6. The smallest absolute Gasteiger partial charge is 0.251 e. The van der Waals surface area contributed by atoms with Crippen LogP contribution in [0.2, 0.25) is 0 Å². The van der Waals surface area contributed by atoms with Crippen LogP contribution in [0.15, 0.2) is 53.1 Å². The van der Waals surface area contributed by atoms with Crippen molar-refractivity contribution in [3.8, 4) is 11.3 Å². The quantitative estimate of drug-likeness (QED) is 0.749. The maximum Gasteiger partial charge on any atom is 0.251 e. The second-order valence-electron chi connectivity index (χ2n) is 5.85. The molecule has 0 radical (unpaired) electrons. The molecule has 1 N–H and O–H groups in total. The van der Waals surface area contributed by atoms with Crippen LogP contribution in [0, 0.1) is 6.92 Å². The van der Waals surface area contributed by atoms with E-state index in [1.54, 1.807) is 30.1 Å². The van der Waals surface area contributed by atoms with Gasteiger partial charge in [-0.1, -0.05) is 12.1 Å². The van der Waals surface area contributed by atoms with Gasteiger partial charge in [-0.2, -0.15) is 5.10 Å². The molecule has 2 heterocycles. The SMILES string of the molecule is COCC(NC(=O)c1ccc(-c2ccc(C)o2)cc1)c1ccnn1C. The number of carbonyl (C=O) groups is 1. The molecule has 0 aliphatic rings. The number of aromatic nitrogens is 2. The number of aryl methyl sites for hydroxylation is 2. The number of methoxy groups -OCH3 is 1. The van der Waals surface area contributed by atoms with Crippen molar-refractivity contribution in [2.24, 2.45) is 7.05 Å². The maximum atomic E-state index is 12.6. The van der Waals surface area contributed by atoms with Crippen molar-refractivity contribution < 1.29 is 13.9 Å². The summed E-state index contributed by atoms with van der Waals surface area (Å²) in [4.78, 5) is 12.6. The molecule has 1 unspecified atom stereocenters. The monoisotopic (exact) mass is 339 g/mol. The third-order valence-corrected chi connectivity index (χ3v) is 4.03. The summed E-state index contributed by atoms with van der Waals surface area (Å²) in [6.07, 6.45) is 1.70. The molecule has 0 spiro atoms. The molecular weight excluding hydrogens is 318 g/mol. The first-order chi connectivity index (χ1) is 12.1. The number of furan rings is 1. The Labute approximate surface area is 146 Å². The van der Waals surface area contributed by atoms with E-state index < -0.39 is 0 Å². The van der Waals surface area contributed by atoms with E-state index in [1.807, 2.05) is 44.3 Å². The van der Waals surface area contributed by atoms with Crippen molar-refractivity contribution in [1.29, 1.82) is 0 Å². The van der Waals surface area contributed by atoms with Gasteiger partial charge >= 0.3 is 0 Å². The molecule has 0 saturated carbocycles. The highest BCUT2D eigenvalue weighted by Crippen LogP contribution is 2.22. The van der Waals surface area contributed by atoms with Gasteiger partial charge in [-0.15, -0.1) is 0 Å². The Kier molecular flexibility index (Phi) is 5.00. The van der Waals surface area contributed by atoms with Crippen molar-refractivity contribution in [3.05, 3.63) is 65.7 Å². The minimum atomic E-state index is -0.266. The van der Waals surface area contributed by atoms with Gasteiger partial charge in [-0.3, -0.25) is 9.48 Å². The van der Waals surface area contributed by atoms with Crippen LogP contribution in [-0.4, -0.2) is 29.4 Å². The van der Waals surface area contributed by atoms with Crippen LogP contribution in [0.1, 0.15) is 27.9 Å². The molecule has 0 bridgehead atoms. The first-order valence-corrected chi connectivity index (χ1v) is 8.03. The molecule has 0 aliphatic heterocycles. The third-order valence-electron chi connectivity index (χ3n) is 4.03. The maximum absolute atomic E-state index is 12.6. The minimum absolute atomic E-state index is 0.162. The zero-order valence-corrected chi connectivity index (χ0v) is 14.5. The molecule has 1 aromatic carbocycles. The Morgan fingerprint density at radius 2 is 2.00 bits per heavy atom. The summed E-state index contributed by atoms with van der Waals surface area (Å²) in [7, 11) is 3.44. The van der Waals surface area contributed by atoms with Crippen LogP contribution in [0.4, 0.5) is 0 Å². The fraction of sp³-hybridized carbons (Fsp3) is 0.263. The lowest BCUT2D eigenvalue weighted by Crippen LogP contribution is -2.32. The molecule has 0 saturated heterocycles. The van der Waals surface area contributed by atoms with Crippen LogP contribution >= 0.6 is 0 Å². The highest BCUT2D eigenvalue weighted by Gasteiger charge is 2.18. The van der Waals surface area contributed by atoms with Crippen molar-refractivity contribution in [1.82, 2.24) is 15.1 Å². The zero-order chi connectivity index (χ0) is 17.8. The number of carbonyl (C=O) groups excluding carboxylic acids is 1. The lowest BCUT2D eigenvalue weighted by molar-refractivity contribution is 0.0892. The van der Waals surface area contributed by atoms with E-state index in [2.05, 4.69) is 10.4 Å². The van der Waals surface area contributed by atoms with Gasteiger partial charge in [0.2, 0.25) is 0 Å². The molecule has 2 aromatic heterocycles. The Hall–Kier alpha value is -2.86. The fourth-order valence-corrected chi connectivity index (χ4v) is 2.71. The van der Waals surface area contributed by atoms with E-state index in [-0.39, 0.29) is 11.9 Å². The molecule has 6 nitrogen and oxygen atoms in total. The van der Waals surface area contributed by atoms with Crippen molar-refractivity contribution in [2.75, 3.05) is 13.7 Å². The molecule has 0 aliphatic carbocycles. The minimum Gasteiger partial charge on any atom is -0.461 e. The topological polar surface area (TPSA) is 69.3 Å². The van der Waals surface area contributed by atoms with Gasteiger partial charge in [-0.25, -0.2) is 0 Å². The van der Waals surface area contributed by atoms with E-state index in [1.165, 1.54) is 0 Å². The fourth-order valence-electron chi connectivity index (χ4n) is 2.71. The standard InChI is InChI=1S/C19H21N3O3/c1-13-4-9-18(25-13)14-5-7-15(8-6-14)19(23)21-16(12-24-3)17-10-11-20-22(17)2/h4-11,16H,12H2,1-3H3,(H,21,23). The average molecular weight is 339 g/mol. The Morgan fingerprint density at radius 1 is 1.24 bits per heavy atom. The predicted molar refractivity (Wildman–Crippen MR) is 94.2 cm³/mol. The normalized spacial score (nSPS) is 12.1. The van der Waals surface area contributed by atoms with E-state index in [0.717, 1.165) is 22.8 Å². The molecule has 1 amide bonds.